The lowest BCUT2D eigenvalue weighted by Crippen LogP contribution is -2.35. The smallest absolute Gasteiger partial charge is 0.233 e. The van der Waals surface area contributed by atoms with Crippen LogP contribution in [0, 0.1) is 11.3 Å². The number of carbonyl (C=O) groups is 1. The third-order valence-electron chi connectivity index (χ3n) is 1.80. The SMILES string of the molecule is CN(C)CCCNCC(=O)NCCC#N. The van der Waals surface area contributed by atoms with Crippen molar-refractivity contribution < 1.29 is 4.79 Å². The number of nitriles is 1. The molecular weight excluding hydrogens is 192 g/mol. The van der Waals surface area contributed by atoms with Crippen LogP contribution in [-0.2, 0) is 4.79 Å². The third kappa shape index (κ3) is 10.8. The Kier molecular flexibility index (Phi) is 8.73. The Bertz CT molecular complexity index is 210. The van der Waals surface area contributed by atoms with E-state index in [1.807, 2.05) is 20.2 Å². The van der Waals surface area contributed by atoms with Crippen LogP contribution in [0.4, 0.5) is 0 Å². The van der Waals surface area contributed by atoms with Gasteiger partial charge in [-0.2, -0.15) is 5.26 Å². The molecule has 0 aliphatic rings. The van der Waals surface area contributed by atoms with Crippen molar-refractivity contribution in [3.63, 3.8) is 0 Å². The van der Waals surface area contributed by atoms with Gasteiger partial charge in [0, 0.05) is 6.54 Å². The highest BCUT2D eigenvalue weighted by Gasteiger charge is 1.98. The summed E-state index contributed by atoms with van der Waals surface area (Å²) in [6.07, 6.45) is 1.39. The summed E-state index contributed by atoms with van der Waals surface area (Å²) in [7, 11) is 4.04. The molecule has 0 radical (unpaired) electrons. The van der Waals surface area contributed by atoms with Gasteiger partial charge in [0.1, 0.15) is 0 Å². The first-order valence-electron chi connectivity index (χ1n) is 5.16. The summed E-state index contributed by atoms with van der Waals surface area (Å²) in [6.45, 7) is 2.63. The largest absolute Gasteiger partial charge is 0.354 e. The fourth-order valence-electron chi connectivity index (χ4n) is 1.04. The number of hydrogen-bond acceptors (Lipinski definition) is 4. The van der Waals surface area contributed by atoms with Crippen molar-refractivity contribution in [3.8, 4) is 6.07 Å². The topological polar surface area (TPSA) is 68.2 Å². The fraction of sp³-hybridized carbons (Fsp3) is 0.800. The maximum Gasteiger partial charge on any atom is 0.233 e. The molecule has 0 saturated heterocycles. The van der Waals surface area contributed by atoms with Crippen LogP contribution in [0.1, 0.15) is 12.8 Å². The molecule has 5 heteroatoms. The van der Waals surface area contributed by atoms with Crippen LogP contribution in [0.3, 0.4) is 0 Å². The van der Waals surface area contributed by atoms with Crippen LogP contribution in [0.5, 0.6) is 0 Å². The summed E-state index contributed by atoms with van der Waals surface area (Å²) < 4.78 is 0. The lowest BCUT2D eigenvalue weighted by molar-refractivity contribution is -0.120. The maximum absolute atomic E-state index is 11.1. The summed E-state index contributed by atoms with van der Waals surface area (Å²) in [4.78, 5) is 13.2. The zero-order valence-electron chi connectivity index (χ0n) is 9.55. The molecule has 5 nitrogen and oxygen atoms in total. The molecule has 0 rings (SSSR count). The molecule has 0 aromatic heterocycles. The first-order valence-corrected chi connectivity index (χ1v) is 5.16. The molecule has 0 fully saturated rings. The maximum atomic E-state index is 11.1. The predicted molar refractivity (Wildman–Crippen MR) is 59.3 cm³/mol. The number of hydrogen-bond donors (Lipinski definition) is 2. The Morgan fingerprint density at radius 2 is 2.13 bits per heavy atom. The Morgan fingerprint density at radius 3 is 2.73 bits per heavy atom. The highest BCUT2D eigenvalue weighted by molar-refractivity contribution is 5.77. The second-order valence-electron chi connectivity index (χ2n) is 3.59. The molecule has 0 saturated carbocycles. The van der Waals surface area contributed by atoms with Crippen molar-refractivity contribution in [2.24, 2.45) is 0 Å². The summed E-state index contributed by atoms with van der Waals surface area (Å²) in [6, 6.07) is 1.97. The first-order chi connectivity index (χ1) is 7.16. The average molecular weight is 212 g/mol. The van der Waals surface area contributed by atoms with Crippen LogP contribution in [-0.4, -0.2) is 51.1 Å². The van der Waals surface area contributed by atoms with E-state index in [0.29, 0.717) is 19.5 Å². The van der Waals surface area contributed by atoms with Crippen molar-refractivity contribution in [1.82, 2.24) is 15.5 Å². The van der Waals surface area contributed by atoms with Gasteiger partial charge in [0.25, 0.3) is 0 Å². The molecule has 0 unspecified atom stereocenters. The van der Waals surface area contributed by atoms with Crippen molar-refractivity contribution in [1.29, 1.82) is 5.26 Å². The van der Waals surface area contributed by atoms with Crippen molar-refractivity contribution in [2.75, 3.05) is 40.3 Å². The lowest BCUT2D eigenvalue weighted by atomic mass is 10.4. The van der Waals surface area contributed by atoms with Gasteiger partial charge in [-0.25, -0.2) is 0 Å². The van der Waals surface area contributed by atoms with Gasteiger partial charge < -0.3 is 15.5 Å². The number of nitrogens with one attached hydrogen (secondary N) is 2. The van der Waals surface area contributed by atoms with Gasteiger partial charge in [-0.3, -0.25) is 4.79 Å². The van der Waals surface area contributed by atoms with Gasteiger partial charge in [-0.05, 0) is 33.6 Å². The van der Waals surface area contributed by atoms with E-state index in [1.165, 1.54) is 0 Å². The highest BCUT2D eigenvalue weighted by atomic mass is 16.1. The van der Waals surface area contributed by atoms with E-state index in [9.17, 15) is 4.79 Å². The Labute approximate surface area is 91.4 Å². The van der Waals surface area contributed by atoms with Gasteiger partial charge in [0.15, 0.2) is 0 Å². The Balaban J connectivity index is 3.21. The second kappa shape index (κ2) is 9.44. The van der Waals surface area contributed by atoms with Gasteiger partial charge in [-0.15, -0.1) is 0 Å². The molecule has 2 N–H and O–H groups in total. The average Bonchev–Trinajstić information content (AvgIpc) is 2.17. The first kappa shape index (κ1) is 13.9. The van der Waals surface area contributed by atoms with E-state index in [1.54, 1.807) is 0 Å². The van der Waals surface area contributed by atoms with Crippen LogP contribution < -0.4 is 10.6 Å². The molecule has 0 aliphatic carbocycles. The third-order valence-corrected chi connectivity index (χ3v) is 1.80. The predicted octanol–water partition coefficient (Wildman–Crippen LogP) is -0.442. The summed E-state index contributed by atoms with van der Waals surface area (Å²) in [5.41, 5.74) is 0. The minimum Gasteiger partial charge on any atom is -0.354 e. The Hall–Kier alpha value is -1.12. The highest BCUT2D eigenvalue weighted by Crippen LogP contribution is 1.80. The number of carbonyl (C=O) groups excluding carboxylic acids is 1. The van der Waals surface area contributed by atoms with Gasteiger partial charge >= 0.3 is 0 Å². The summed E-state index contributed by atoms with van der Waals surface area (Å²) >= 11 is 0. The van der Waals surface area contributed by atoms with Crippen molar-refractivity contribution in [2.45, 2.75) is 12.8 Å². The summed E-state index contributed by atoms with van der Waals surface area (Å²) in [5.74, 6) is -0.0462. The van der Waals surface area contributed by atoms with Crippen molar-refractivity contribution >= 4 is 5.91 Å². The molecular formula is C10H20N4O. The van der Waals surface area contributed by atoms with E-state index < -0.39 is 0 Å². The molecule has 0 aromatic rings. The van der Waals surface area contributed by atoms with E-state index in [0.717, 1.165) is 19.5 Å². The van der Waals surface area contributed by atoms with Gasteiger partial charge in [0.2, 0.25) is 5.91 Å². The summed E-state index contributed by atoms with van der Waals surface area (Å²) in [5, 5.41) is 14.0. The monoisotopic (exact) mass is 212 g/mol. The number of amides is 1. The van der Waals surface area contributed by atoms with E-state index >= 15 is 0 Å². The zero-order valence-corrected chi connectivity index (χ0v) is 9.55. The normalized spacial score (nSPS) is 10.0. The standard InChI is InChI=1S/C10H20N4O/c1-14(2)8-4-6-12-9-10(15)13-7-3-5-11/h12H,3-4,6-9H2,1-2H3,(H,13,15). The molecule has 0 aliphatic heterocycles. The Morgan fingerprint density at radius 1 is 1.40 bits per heavy atom. The molecule has 15 heavy (non-hydrogen) atoms. The molecule has 86 valence electrons. The minimum atomic E-state index is -0.0462. The van der Waals surface area contributed by atoms with Crippen LogP contribution in [0.25, 0.3) is 0 Å². The van der Waals surface area contributed by atoms with Crippen LogP contribution in [0.2, 0.25) is 0 Å². The molecule has 0 heterocycles. The molecule has 0 atom stereocenters. The van der Waals surface area contributed by atoms with Gasteiger partial charge in [0.05, 0.1) is 19.0 Å². The second-order valence-corrected chi connectivity index (χ2v) is 3.59. The molecule has 0 bridgehead atoms. The molecule has 1 amide bonds. The van der Waals surface area contributed by atoms with Crippen molar-refractivity contribution in [3.05, 3.63) is 0 Å². The fourth-order valence-corrected chi connectivity index (χ4v) is 1.04. The quantitative estimate of drug-likeness (QED) is 0.535. The van der Waals surface area contributed by atoms with E-state index in [-0.39, 0.29) is 5.91 Å². The lowest BCUT2D eigenvalue weighted by Gasteiger charge is -2.09. The minimum absolute atomic E-state index is 0.0462. The van der Waals surface area contributed by atoms with E-state index in [4.69, 9.17) is 5.26 Å². The number of rotatable bonds is 8. The molecule has 0 spiro atoms. The van der Waals surface area contributed by atoms with Gasteiger partial charge in [-0.1, -0.05) is 0 Å². The zero-order chi connectivity index (χ0) is 11.5. The van der Waals surface area contributed by atoms with E-state index in [2.05, 4.69) is 15.5 Å². The van der Waals surface area contributed by atoms with Crippen LogP contribution >= 0.6 is 0 Å². The molecule has 0 aromatic carbocycles. The number of nitrogens with zero attached hydrogens (tertiary/aromatic N) is 2. The van der Waals surface area contributed by atoms with Crippen LogP contribution in [0.15, 0.2) is 0 Å².